The van der Waals surface area contributed by atoms with Crippen LogP contribution in [0.15, 0.2) is 24.3 Å². The minimum absolute atomic E-state index is 0.00773. The standard InChI is InChI=1S/C13H15IN2O/c1-10(2)16(9-3-8-15)13(17)11-4-6-12(14)7-5-11/h4-7,10H,3,9H2,1-2H3. The van der Waals surface area contributed by atoms with Crippen molar-refractivity contribution >= 4 is 28.5 Å². The van der Waals surface area contributed by atoms with Gasteiger partial charge in [0.05, 0.1) is 12.5 Å². The average molecular weight is 342 g/mol. The Balaban J connectivity index is 2.84. The molecule has 0 radical (unpaired) electrons. The van der Waals surface area contributed by atoms with E-state index in [1.54, 1.807) is 4.90 Å². The van der Waals surface area contributed by atoms with Gasteiger partial charge in [-0.15, -0.1) is 0 Å². The Morgan fingerprint density at radius 3 is 2.47 bits per heavy atom. The van der Waals surface area contributed by atoms with E-state index < -0.39 is 0 Å². The van der Waals surface area contributed by atoms with Gasteiger partial charge in [0, 0.05) is 21.7 Å². The van der Waals surface area contributed by atoms with Crippen molar-refractivity contribution in [2.45, 2.75) is 26.3 Å². The maximum Gasteiger partial charge on any atom is 0.254 e. The lowest BCUT2D eigenvalue weighted by Crippen LogP contribution is -2.37. The summed E-state index contributed by atoms with van der Waals surface area (Å²) in [4.78, 5) is 13.9. The van der Waals surface area contributed by atoms with E-state index in [0.717, 1.165) is 3.57 Å². The summed E-state index contributed by atoms with van der Waals surface area (Å²) >= 11 is 2.21. The molecule has 1 aromatic rings. The number of amides is 1. The SMILES string of the molecule is CC(C)N(CCC#N)C(=O)c1ccc(I)cc1. The number of hydrogen-bond donors (Lipinski definition) is 0. The molecular formula is C13H15IN2O. The van der Waals surface area contributed by atoms with E-state index in [0.29, 0.717) is 18.5 Å². The van der Waals surface area contributed by atoms with Crippen LogP contribution in [0.4, 0.5) is 0 Å². The summed E-state index contributed by atoms with van der Waals surface area (Å²) in [5, 5.41) is 8.60. The average Bonchev–Trinajstić information content (AvgIpc) is 2.29. The van der Waals surface area contributed by atoms with Gasteiger partial charge < -0.3 is 4.90 Å². The predicted octanol–water partition coefficient (Wildman–Crippen LogP) is 3.06. The van der Waals surface area contributed by atoms with Crippen molar-refractivity contribution in [3.8, 4) is 6.07 Å². The van der Waals surface area contributed by atoms with Gasteiger partial charge in [-0.1, -0.05) is 0 Å². The maximum atomic E-state index is 12.2. The van der Waals surface area contributed by atoms with E-state index in [1.807, 2.05) is 38.1 Å². The van der Waals surface area contributed by atoms with Crippen LogP contribution < -0.4 is 0 Å². The van der Waals surface area contributed by atoms with Crippen molar-refractivity contribution in [1.29, 1.82) is 5.26 Å². The minimum atomic E-state index is -0.00773. The minimum Gasteiger partial charge on any atom is -0.335 e. The predicted molar refractivity (Wildman–Crippen MR) is 75.6 cm³/mol. The van der Waals surface area contributed by atoms with Crippen LogP contribution in [-0.2, 0) is 0 Å². The molecule has 90 valence electrons. The highest BCUT2D eigenvalue weighted by molar-refractivity contribution is 14.1. The second kappa shape index (κ2) is 6.60. The van der Waals surface area contributed by atoms with Crippen molar-refractivity contribution in [1.82, 2.24) is 4.90 Å². The fraction of sp³-hybridized carbons (Fsp3) is 0.385. The number of benzene rings is 1. The van der Waals surface area contributed by atoms with Gasteiger partial charge in [-0.25, -0.2) is 0 Å². The lowest BCUT2D eigenvalue weighted by Gasteiger charge is -2.25. The number of hydrogen-bond acceptors (Lipinski definition) is 2. The quantitative estimate of drug-likeness (QED) is 0.790. The van der Waals surface area contributed by atoms with Crippen LogP contribution in [-0.4, -0.2) is 23.4 Å². The maximum absolute atomic E-state index is 12.2. The second-order valence-corrected chi connectivity index (χ2v) is 5.25. The van der Waals surface area contributed by atoms with Gasteiger partial charge in [-0.2, -0.15) is 5.26 Å². The topological polar surface area (TPSA) is 44.1 Å². The monoisotopic (exact) mass is 342 g/mol. The van der Waals surface area contributed by atoms with E-state index in [-0.39, 0.29) is 11.9 Å². The molecule has 0 bridgehead atoms. The Bertz CT molecular complexity index is 420. The highest BCUT2D eigenvalue weighted by atomic mass is 127. The molecule has 0 aliphatic carbocycles. The van der Waals surface area contributed by atoms with Gasteiger partial charge in [0.25, 0.3) is 5.91 Å². The summed E-state index contributed by atoms with van der Waals surface area (Å²) in [6, 6.07) is 9.66. The molecule has 1 rings (SSSR count). The van der Waals surface area contributed by atoms with Crippen LogP contribution in [0, 0.1) is 14.9 Å². The van der Waals surface area contributed by atoms with Crippen molar-refractivity contribution < 1.29 is 4.79 Å². The molecule has 0 spiro atoms. The van der Waals surface area contributed by atoms with E-state index in [9.17, 15) is 4.79 Å². The Hall–Kier alpha value is -1.09. The summed E-state index contributed by atoms with van der Waals surface area (Å²) in [7, 11) is 0. The lowest BCUT2D eigenvalue weighted by atomic mass is 10.1. The molecule has 0 fully saturated rings. The Morgan fingerprint density at radius 2 is 2.00 bits per heavy atom. The molecular weight excluding hydrogens is 327 g/mol. The van der Waals surface area contributed by atoms with Gasteiger partial charge in [0.1, 0.15) is 0 Å². The number of halogens is 1. The van der Waals surface area contributed by atoms with Crippen molar-refractivity contribution in [3.05, 3.63) is 33.4 Å². The molecule has 0 aliphatic rings. The van der Waals surface area contributed by atoms with E-state index >= 15 is 0 Å². The molecule has 0 saturated heterocycles. The molecule has 0 heterocycles. The molecule has 1 amide bonds. The van der Waals surface area contributed by atoms with Crippen LogP contribution in [0.2, 0.25) is 0 Å². The molecule has 0 aliphatic heterocycles. The Labute approximate surface area is 116 Å². The molecule has 0 atom stereocenters. The van der Waals surface area contributed by atoms with Crippen LogP contribution in [0.1, 0.15) is 30.6 Å². The largest absolute Gasteiger partial charge is 0.335 e. The van der Waals surface area contributed by atoms with E-state index in [2.05, 4.69) is 28.7 Å². The van der Waals surface area contributed by atoms with E-state index in [4.69, 9.17) is 5.26 Å². The summed E-state index contributed by atoms with van der Waals surface area (Å²) in [5.41, 5.74) is 0.678. The highest BCUT2D eigenvalue weighted by Gasteiger charge is 2.17. The third-order valence-corrected chi connectivity index (χ3v) is 3.16. The van der Waals surface area contributed by atoms with Crippen LogP contribution in [0.3, 0.4) is 0 Å². The molecule has 0 aromatic heterocycles. The van der Waals surface area contributed by atoms with Gasteiger partial charge in [-0.05, 0) is 60.7 Å². The van der Waals surface area contributed by atoms with Gasteiger partial charge in [0.15, 0.2) is 0 Å². The lowest BCUT2D eigenvalue weighted by molar-refractivity contribution is 0.0710. The molecule has 0 N–H and O–H groups in total. The van der Waals surface area contributed by atoms with Crippen molar-refractivity contribution in [3.63, 3.8) is 0 Å². The molecule has 0 saturated carbocycles. The highest BCUT2D eigenvalue weighted by Crippen LogP contribution is 2.11. The number of carbonyl (C=O) groups is 1. The fourth-order valence-corrected chi connectivity index (χ4v) is 1.88. The van der Waals surface area contributed by atoms with Gasteiger partial charge in [0.2, 0.25) is 0 Å². The van der Waals surface area contributed by atoms with Crippen LogP contribution >= 0.6 is 22.6 Å². The zero-order valence-electron chi connectivity index (χ0n) is 9.98. The fourth-order valence-electron chi connectivity index (χ4n) is 1.52. The van der Waals surface area contributed by atoms with Crippen molar-refractivity contribution in [2.24, 2.45) is 0 Å². The Morgan fingerprint density at radius 1 is 1.41 bits per heavy atom. The normalized spacial score (nSPS) is 10.1. The number of nitriles is 1. The smallest absolute Gasteiger partial charge is 0.254 e. The Kier molecular flexibility index (Phi) is 5.42. The molecule has 1 aromatic carbocycles. The first-order valence-corrected chi connectivity index (χ1v) is 6.57. The van der Waals surface area contributed by atoms with E-state index in [1.165, 1.54) is 0 Å². The summed E-state index contributed by atoms with van der Waals surface area (Å²) in [6.07, 6.45) is 0.369. The first kappa shape index (κ1) is 14.0. The third-order valence-electron chi connectivity index (χ3n) is 2.44. The molecule has 4 heteroatoms. The van der Waals surface area contributed by atoms with Crippen molar-refractivity contribution in [2.75, 3.05) is 6.54 Å². The molecule has 17 heavy (non-hydrogen) atoms. The molecule has 0 unspecified atom stereocenters. The van der Waals surface area contributed by atoms with Crippen LogP contribution in [0.5, 0.6) is 0 Å². The van der Waals surface area contributed by atoms with Crippen LogP contribution in [0.25, 0.3) is 0 Å². The number of nitrogens with zero attached hydrogens (tertiary/aromatic N) is 2. The zero-order valence-corrected chi connectivity index (χ0v) is 12.1. The number of carbonyl (C=O) groups excluding carboxylic acids is 1. The molecule has 3 nitrogen and oxygen atoms in total. The summed E-state index contributed by atoms with van der Waals surface area (Å²) in [6.45, 7) is 4.41. The first-order valence-electron chi connectivity index (χ1n) is 5.49. The second-order valence-electron chi connectivity index (χ2n) is 4.01. The summed E-state index contributed by atoms with van der Waals surface area (Å²) < 4.78 is 1.10. The third kappa shape index (κ3) is 4.00. The first-order chi connectivity index (χ1) is 8.06. The van der Waals surface area contributed by atoms with Gasteiger partial charge >= 0.3 is 0 Å². The zero-order chi connectivity index (χ0) is 12.8. The number of rotatable bonds is 4. The van der Waals surface area contributed by atoms with Gasteiger partial charge in [-0.3, -0.25) is 4.79 Å². The summed E-state index contributed by atoms with van der Waals surface area (Å²) in [5.74, 6) is -0.00773.